The van der Waals surface area contributed by atoms with Crippen molar-refractivity contribution in [1.29, 1.82) is 0 Å². The van der Waals surface area contributed by atoms with Crippen LogP contribution in [0.25, 0.3) is 0 Å². The van der Waals surface area contributed by atoms with Crippen LogP contribution in [-0.2, 0) is 0 Å². The van der Waals surface area contributed by atoms with E-state index < -0.39 is 0 Å². The van der Waals surface area contributed by atoms with E-state index in [0.29, 0.717) is 5.41 Å². The standard InChI is InChI=1S/C26H54/c1-5-9-10-11-12-13-14-15-16-17-18-19-20-21-22-23-24-25-26(6-2,7-3)8-4/h5-25H2,1-4H3. The molecule has 0 heteroatoms. The van der Waals surface area contributed by atoms with Gasteiger partial charge in [0.05, 0.1) is 0 Å². The monoisotopic (exact) mass is 366 g/mol. The van der Waals surface area contributed by atoms with Crippen molar-refractivity contribution in [3.05, 3.63) is 0 Å². The Morgan fingerprint density at radius 1 is 0.346 bits per heavy atom. The van der Waals surface area contributed by atoms with Crippen LogP contribution in [0.1, 0.15) is 163 Å². The summed E-state index contributed by atoms with van der Waals surface area (Å²) >= 11 is 0. The van der Waals surface area contributed by atoms with Gasteiger partial charge in [-0.25, -0.2) is 0 Å². The minimum atomic E-state index is 0.662. The Kier molecular flexibility index (Phi) is 19.8. The van der Waals surface area contributed by atoms with E-state index in [1.807, 2.05) is 0 Å². The number of hydrogen-bond acceptors (Lipinski definition) is 0. The summed E-state index contributed by atoms with van der Waals surface area (Å²) in [6, 6.07) is 0. The first kappa shape index (κ1) is 26.0. The minimum Gasteiger partial charge on any atom is -0.0654 e. The Hall–Kier alpha value is 0. The van der Waals surface area contributed by atoms with Gasteiger partial charge in [-0.05, 0) is 11.8 Å². The summed E-state index contributed by atoms with van der Waals surface area (Å²) in [5.41, 5.74) is 0.662. The van der Waals surface area contributed by atoms with Crippen molar-refractivity contribution in [2.24, 2.45) is 5.41 Å². The average Bonchev–Trinajstić information content (AvgIpc) is 2.68. The highest BCUT2D eigenvalue weighted by Gasteiger charge is 2.22. The van der Waals surface area contributed by atoms with E-state index in [4.69, 9.17) is 0 Å². The lowest BCUT2D eigenvalue weighted by molar-refractivity contribution is 0.220. The van der Waals surface area contributed by atoms with Crippen molar-refractivity contribution in [1.82, 2.24) is 0 Å². The van der Waals surface area contributed by atoms with E-state index in [1.54, 1.807) is 0 Å². The predicted molar refractivity (Wildman–Crippen MR) is 122 cm³/mol. The largest absolute Gasteiger partial charge is 0.0654 e. The lowest BCUT2D eigenvalue weighted by Gasteiger charge is -2.30. The van der Waals surface area contributed by atoms with Crippen molar-refractivity contribution in [2.45, 2.75) is 163 Å². The minimum absolute atomic E-state index is 0.662. The van der Waals surface area contributed by atoms with Gasteiger partial charge >= 0.3 is 0 Å². The topological polar surface area (TPSA) is 0 Å². The van der Waals surface area contributed by atoms with E-state index in [1.165, 1.54) is 135 Å². The third-order valence-corrected chi connectivity index (χ3v) is 7.06. The van der Waals surface area contributed by atoms with E-state index in [9.17, 15) is 0 Å². The van der Waals surface area contributed by atoms with Gasteiger partial charge < -0.3 is 0 Å². The maximum absolute atomic E-state index is 2.39. The van der Waals surface area contributed by atoms with Gasteiger partial charge in [-0.2, -0.15) is 0 Å². The maximum Gasteiger partial charge on any atom is -0.0305 e. The molecule has 158 valence electrons. The Morgan fingerprint density at radius 3 is 0.885 bits per heavy atom. The van der Waals surface area contributed by atoms with Crippen LogP contribution in [0.2, 0.25) is 0 Å². The van der Waals surface area contributed by atoms with Crippen LogP contribution < -0.4 is 0 Å². The zero-order valence-electron chi connectivity index (χ0n) is 19.3. The number of hydrogen-bond donors (Lipinski definition) is 0. The second-order valence-corrected chi connectivity index (χ2v) is 8.97. The van der Waals surface area contributed by atoms with Crippen molar-refractivity contribution in [2.75, 3.05) is 0 Å². The molecule has 0 bridgehead atoms. The molecule has 0 N–H and O–H groups in total. The highest BCUT2D eigenvalue weighted by molar-refractivity contribution is 4.74. The van der Waals surface area contributed by atoms with Crippen LogP contribution in [0.4, 0.5) is 0 Å². The molecule has 0 atom stereocenters. The number of rotatable bonds is 21. The van der Waals surface area contributed by atoms with E-state index >= 15 is 0 Å². The Labute approximate surface area is 168 Å². The molecule has 0 amide bonds. The molecule has 0 aliphatic heterocycles. The average molecular weight is 367 g/mol. The Bertz CT molecular complexity index is 242. The first-order valence-electron chi connectivity index (χ1n) is 12.7. The first-order chi connectivity index (χ1) is 12.7. The fourth-order valence-corrected chi connectivity index (χ4v) is 4.51. The van der Waals surface area contributed by atoms with E-state index in [2.05, 4.69) is 27.7 Å². The second kappa shape index (κ2) is 19.8. The molecule has 0 fully saturated rings. The quantitative estimate of drug-likeness (QED) is 0.177. The van der Waals surface area contributed by atoms with Crippen molar-refractivity contribution < 1.29 is 0 Å². The number of unbranched alkanes of at least 4 members (excludes halogenated alkanes) is 16. The molecule has 0 spiro atoms. The summed E-state index contributed by atoms with van der Waals surface area (Å²) in [4.78, 5) is 0. The molecule has 0 aromatic heterocycles. The first-order valence-corrected chi connectivity index (χ1v) is 12.7. The van der Waals surface area contributed by atoms with Gasteiger partial charge in [0, 0.05) is 0 Å². The predicted octanol–water partition coefficient (Wildman–Crippen LogP) is 10.2. The normalized spacial score (nSPS) is 12.0. The van der Waals surface area contributed by atoms with E-state index in [-0.39, 0.29) is 0 Å². The van der Waals surface area contributed by atoms with Gasteiger partial charge in [0.1, 0.15) is 0 Å². The summed E-state index contributed by atoms with van der Waals surface area (Å²) < 4.78 is 0. The lowest BCUT2D eigenvalue weighted by Crippen LogP contribution is -2.17. The van der Waals surface area contributed by atoms with Gasteiger partial charge in [0.15, 0.2) is 0 Å². The van der Waals surface area contributed by atoms with Crippen LogP contribution in [0, 0.1) is 5.41 Å². The highest BCUT2D eigenvalue weighted by Crippen LogP contribution is 2.36. The van der Waals surface area contributed by atoms with Crippen LogP contribution in [0.5, 0.6) is 0 Å². The van der Waals surface area contributed by atoms with Crippen molar-refractivity contribution >= 4 is 0 Å². The molecular formula is C26H54. The smallest absolute Gasteiger partial charge is 0.0305 e. The zero-order valence-corrected chi connectivity index (χ0v) is 19.3. The molecule has 0 aliphatic rings. The highest BCUT2D eigenvalue weighted by atomic mass is 14.3. The molecule has 26 heavy (non-hydrogen) atoms. The molecule has 0 aromatic carbocycles. The molecule has 0 nitrogen and oxygen atoms in total. The van der Waals surface area contributed by atoms with Gasteiger partial charge in [0.25, 0.3) is 0 Å². The summed E-state index contributed by atoms with van der Waals surface area (Å²) in [7, 11) is 0. The van der Waals surface area contributed by atoms with Gasteiger partial charge in [-0.3, -0.25) is 0 Å². The maximum atomic E-state index is 2.39. The zero-order chi connectivity index (χ0) is 19.3. The molecule has 0 aromatic rings. The molecule has 0 radical (unpaired) electrons. The van der Waals surface area contributed by atoms with E-state index in [0.717, 1.165) is 0 Å². The molecular weight excluding hydrogens is 312 g/mol. The van der Waals surface area contributed by atoms with Crippen LogP contribution in [0.15, 0.2) is 0 Å². The Balaban J connectivity index is 3.20. The molecule has 0 saturated carbocycles. The van der Waals surface area contributed by atoms with Crippen LogP contribution in [-0.4, -0.2) is 0 Å². The third kappa shape index (κ3) is 15.1. The second-order valence-electron chi connectivity index (χ2n) is 8.97. The van der Waals surface area contributed by atoms with Gasteiger partial charge in [-0.15, -0.1) is 0 Å². The van der Waals surface area contributed by atoms with Crippen LogP contribution in [0.3, 0.4) is 0 Å². The summed E-state index contributed by atoms with van der Waals surface area (Å²) in [6.45, 7) is 9.47. The molecule has 0 rings (SSSR count). The fourth-order valence-electron chi connectivity index (χ4n) is 4.51. The lowest BCUT2D eigenvalue weighted by atomic mass is 9.75. The molecule has 0 heterocycles. The fraction of sp³-hybridized carbons (Fsp3) is 1.00. The molecule has 0 unspecified atom stereocenters. The van der Waals surface area contributed by atoms with Crippen molar-refractivity contribution in [3.8, 4) is 0 Å². The van der Waals surface area contributed by atoms with Crippen LogP contribution >= 0.6 is 0 Å². The summed E-state index contributed by atoms with van der Waals surface area (Å²) in [5, 5.41) is 0. The van der Waals surface area contributed by atoms with Gasteiger partial charge in [0.2, 0.25) is 0 Å². The molecule has 0 saturated heterocycles. The SMILES string of the molecule is CCCCCCCCCCCCCCCCCCCC(CC)(CC)CC. The van der Waals surface area contributed by atoms with Gasteiger partial charge in [-0.1, -0.05) is 156 Å². The Morgan fingerprint density at radius 2 is 0.615 bits per heavy atom. The summed E-state index contributed by atoms with van der Waals surface area (Å²) in [5.74, 6) is 0. The third-order valence-electron chi connectivity index (χ3n) is 7.06. The molecule has 0 aliphatic carbocycles. The van der Waals surface area contributed by atoms with Crippen molar-refractivity contribution in [3.63, 3.8) is 0 Å². The summed E-state index contributed by atoms with van der Waals surface area (Å²) in [6.07, 6.45) is 30.6.